The highest BCUT2D eigenvalue weighted by molar-refractivity contribution is 5.77. The Bertz CT molecular complexity index is 967. The van der Waals surface area contributed by atoms with Gasteiger partial charge in [0.05, 0.1) is 31.0 Å². The Morgan fingerprint density at radius 2 is 1.70 bits per heavy atom. The van der Waals surface area contributed by atoms with Crippen LogP contribution in [-0.2, 0) is 11.3 Å². The first kappa shape index (κ1) is 20.0. The maximum absolute atomic E-state index is 12.8. The SMILES string of the molecule is Cc1nn(CCOc2ccccc2)c(OC(=O)N2CCOCC2)c1-c1ccccc1. The van der Waals surface area contributed by atoms with Gasteiger partial charge in [-0.25, -0.2) is 9.48 Å². The lowest BCUT2D eigenvalue weighted by Crippen LogP contribution is -2.42. The van der Waals surface area contributed by atoms with Crippen molar-refractivity contribution in [1.82, 2.24) is 14.7 Å². The predicted octanol–water partition coefficient (Wildman–Crippen LogP) is 3.77. The van der Waals surface area contributed by atoms with E-state index in [1.54, 1.807) is 9.58 Å². The summed E-state index contributed by atoms with van der Waals surface area (Å²) in [5.41, 5.74) is 2.57. The van der Waals surface area contributed by atoms with Crippen molar-refractivity contribution in [2.75, 3.05) is 32.9 Å². The van der Waals surface area contributed by atoms with Crippen LogP contribution in [0, 0.1) is 6.92 Å². The largest absolute Gasteiger partial charge is 0.492 e. The number of nitrogens with zero attached hydrogens (tertiary/aromatic N) is 3. The zero-order chi connectivity index (χ0) is 20.8. The molecule has 30 heavy (non-hydrogen) atoms. The van der Waals surface area contributed by atoms with Crippen molar-refractivity contribution >= 4 is 6.09 Å². The van der Waals surface area contributed by atoms with Crippen LogP contribution in [0.2, 0.25) is 0 Å². The quantitative estimate of drug-likeness (QED) is 0.622. The van der Waals surface area contributed by atoms with E-state index in [0.29, 0.717) is 45.3 Å². The van der Waals surface area contributed by atoms with Crippen molar-refractivity contribution in [3.63, 3.8) is 0 Å². The molecule has 0 radical (unpaired) electrons. The molecule has 0 atom stereocenters. The normalized spacial score (nSPS) is 13.8. The first-order valence-corrected chi connectivity index (χ1v) is 10.1. The van der Waals surface area contributed by atoms with Gasteiger partial charge < -0.3 is 19.1 Å². The lowest BCUT2D eigenvalue weighted by Gasteiger charge is -2.26. The van der Waals surface area contributed by atoms with Gasteiger partial charge in [0, 0.05) is 13.1 Å². The Balaban J connectivity index is 1.57. The monoisotopic (exact) mass is 407 g/mol. The maximum Gasteiger partial charge on any atom is 0.416 e. The van der Waals surface area contributed by atoms with Crippen LogP contribution in [0.1, 0.15) is 5.69 Å². The summed E-state index contributed by atoms with van der Waals surface area (Å²) < 4.78 is 18.7. The Morgan fingerprint density at radius 3 is 2.40 bits per heavy atom. The minimum atomic E-state index is -0.388. The number of ether oxygens (including phenoxy) is 3. The first-order valence-electron chi connectivity index (χ1n) is 10.1. The van der Waals surface area contributed by atoms with Gasteiger partial charge in [-0.1, -0.05) is 48.5 Å². The number of carbonyl (C=O) groups is 1. The number of carbonyl (C=O) groups excluding carboxylic acids is 1. The van der Waals surface area contributed by atoms with Gasteiger partial charge in [-0.2, -0.15) is 5.10 Å². The zero-order valence-electron chi connectivity index (χ0n) is 17.0. The van der Waals surface area contributed by atoms with Gasteiger partial charge in [-0.15, -0.1) is 0 Å². The Morgan fingerprint density at radius 1 is 1.03 bits per heavy atom. The summed E-state index contributed by atoms with van der Waals surface area (Å²) in [7, 11) is 0. The number of amides is 1. The van der Waals surface area contributed by atoms with Crippen molar-refractivity contribution in [3.05, 3.63) is 66.4 Å². The molecule has 2 aromatic carbocycles. The second-order valence-electron chi connectivity index (χ2n) is 6.98. The number of hydrogen-bond acceptors (Lipinski definition) is 5. The van der Waals surface area contributed by atoms with E-state index < -0.39 is 0 Å². The fraction of sp³-hybridized carbons (Fsp3) is 0.304. The molecule has 1 saturated heterocycles. The second kappa shape index (κ2) is 9.45. The molecular weight excluding hydrogens is 382 g/mol. The third kappa shape index (κ3) is 4.63. The summed E-state index contributed by atoms with van der Waals surface area (Å²) in [5.74, 6) is 1.23. The third-order valence-electron chi connectivity index (χ3n) is 4.91. The molecule has 0 aliphatic carbocycles. The topological polar surface area (TPSA) is 65.8 Å². The highest BCUT2D eigenvalue weighted by Crippen LogP contribution is 2.33. The number of morpholine rings is 1. The summed E-state index contributed by atoms with van der Waals surface area (Å²) in [6.45, 7) is 4.85. The van der Waals surface area contributed by atoms with Gasteiger partial charge in [0.2, 0.25) is 5.88 Å². The molecule has 2 heterocycles. The molecule has 156 valence electrons. The number of aromatic nitrogens is 2. The Labute approximate surface area is 175 Å². The van der Waals surface area contributed by atoms with E-state index in [1.165, 1.54) is 0 Å². The fourth-order valence-electron chi connectivity index (χ4n) is 3.41. The van der Waals surface area contributed by atoms with E-state index >= 15 is 0 Å². The standard InChI is InChI=1S/C23H25N3O4/c1-18-21(19-8-4-2-5-9-19)22(30-23(27)25-12-15-28-16-13-25)26(24-18)14-17-29-20-10-6-3-7-11-20/h2-11H,12-17H2,1H3. The van der Waals surface area contributed by atoms with E-state index in [2.05, 4.69) is 5.10 Å². The van der Waals surface area contributed by atoms with E-state index in [1.807, 2.05) is 67.6 Å². The predicted molar refractivity (Wildman–Crippen MR) is 113 cm³/mol. The number of benzene rings is 2. The van der Waals surface area contributed by atoms with Gasteiger partial charge in [-0.3, -0.25) is 0 Å². The average Bonchev–Trinajstić information content (AvgIpc) is 3.10. The molecule has 7 heteroatoms. The van der Waals surface area contributed by atoms with E-state index in [0.717, 1.165) is 22.6 Å². The van der Waals surface area contributed by atoms with Gasteiger partial charge in [0.15, 0.2) is 0 Å². The van der Waals surface area contributed by atoms with Crippen LogP contribution in [-0.4, -0.2) is 53.7 Å². The first-order chi connectivity index (χ1) is 14.7. The average molecular weight is 407 g/mol. The summed E-state index contributed by atoms with van der Waals surface area (Å²) in [6.07, 6.45) is -0.388. The summed E-state index contributed by atoms with van der Waals surface area (Å²) in [6, 6.07) is 19.5. The maximum atomic E-state index is 12.8. The molecule has 0 bridgehead atoms. The van der Waals surface area contributed by atoms with Crippen molar-refractivity contribution in [2.24, 2.45) is 0 Å². The molecule has 0 saturated carbocycles. The molecule has 1 aliphatic heterocycles. The number of aryl methyl sites for hydroxylation is 1. The lowest BCUT2D eigenvalue weighted by atomic mass is 10.1. The zero-order valence-corrected chi connectivity index (χ0v) is 17.0. The number of hydrogen-bond donors (Lipinski definition) is 0. The molecule has 3 aromatic rings. The summed E-state index contributed by atoms with van der Waals surface area (Å²) in [5, 5.41) is 4.63. The van der Waals surface area contributed by atoms with E-state index in [4.69, 9.17) is 14.2 Å². The minimum Gasteiger partial charge on any atom is -0.492 e. The van der Waals surface area contributed by atoms with Crippen LogP contribution >= 0.6 is 0 Å². The van der Waals surface area contributed by atoms with Crippen LogP contribution in [0.5, 0.6) is 11.6 Å². The van der Waals surface area contributed by atoms with Gasteiger partial charge in [0.25, 0.3) is 0 Å². The number of para-hydroxylation sites is 1. The second-order valence-corrected chi connectivity index (χ2v) is 6.98. The van der Waals surface area contributed by atoms with Crippen molar-refractivity contribution in [2.45, 2.75) is 13.5 Å². The molecule has 0 unspecified atom stereocenters. The fourth-order valence-corrected chi connectivity index (χ4v) is 3.41. The molecule has 7 nitrogen and oxygen atoms in total. The molecule has 4 rings (SSSR count). The minimum absolute atomic E-state index is 0.388. The molecule has 1 amide bonds. The van der Waals surface area contributed by atoms with Gasteiger partial charge >= 0.3 is 6.09 Å². The van der Waals surface area contributed by atoms with Crippen LogP contribution in [0.3, 0.4) is 0 Å². The number of rotatable bonds is 6. The van der Waals surface area contributed by atoms with Crippen molar-refractivity contribution in [1.29, 1.82) is 0 Å². The van der Waals surface area contributed by atoms with Gasteiger partial charge in [0.1, 0.15) is 12.4 Å². The highest BCUT2D eigenvalue weighted by atomic mass is 16.6. The highest BCUT2D eigenvalue weighted by Gasteiger charge is 2.25. The lowest BCUT2D eigenvalue weighted by molar-refractivity contribution is 0.0407. The van der Waals surface area contributed by atoms with Crippen molar-refractivity contribution < 1.29 is 19.0 Å². The van der Waals surface area contributed by atoms with Crippen LogP contribution in [0.25, 0.3) is 11.1 Å². The summed E-state index contributed by atoms with van der Waals surface area (Å²) in [4.78, 5) is 14.4. The Hall–Kier alpha value is -3.32. The van der Waals surface area contributed by atoms with Gasteiger partial charge in [-0.05, 0) is 24.6 Å². The smallest absolute Gasteiger partial charge is 0.416 e. The van der Waals surface area contributed by atoms with Crippen molar-refractivity contribution in [3.8, 4) is 22.8 Å². The Kier molecular flexibility index (Phi) is 6.29. The molecule has 1 aromatic heterocycles. The van der Waals surface area contributed by atoms with E-state index in [-0.39, 0.29) is 6.09 Å². The molecular formula is C23H25N3O4. The molecule has 1 fully saturated rings. The van der Waals surface area contributed by atoms with E-state index in [9.17, 15) is 4.79 Å². The molecule has 0 N–H and O–H groups in total. The molecule has 1 aliphatic rings. The molecule has 0 spiro atoms. The summed E-state index contributed by atoms with van der Waals surface area (Å²) >= 11 is 0. The van der Waals surface area contributed by atoms with Crippen LogP contribution in [0.4, 0.5) is 4.79 Å². The van der Waals surface area contributed by atoms with Crippen LogP contribution < -0.4 is 9.47 Å². The van der Waals surface area contributed by atoms with Crippen LogP contribution in [0.15, 0.2) is 60.7 Å². The third-order valence-corrected chi connectivity index (χ3v) is 4.91.